The van der Waals surface area contributed by atoms with Gasteiger partial charge < -0.3 is 18.0 Å². The third-order valence-corrected chi connectivity index (χ3v) is 11.4. The van der Waals surface area contributed by atoms with Crippen LogP contribution in [0.4, 0.5) is 0 Å². The van der Waals surface area contributed by atoms with Crippen LogP contribution in [0.1, 0.15) is 11.1 Å². The summed E-state index contributed by atoms with van der Waals surface area (Å²) in [5.41, 5.74) is 11.2. The van der Waals surface area contributed by atoms with Crippen LogP contribution in [0.25, 0.3) is 110 Å². The Kier molecular flexibility index (Phi) is 6.10. The summed E-state index contributed by atoms with van der Waals surface area (Å²) in [6, 6.07) is 58.3. The molecule has 0 aliphatic rings. The predicted octanol–water partition coefficient (Wildman–Crippen LogP) is 13.1. The first-order valence-electron chi connectivity index (χ1n) is 18.5. The molecule has 0 bridgehead atoms. The molecule has 0 radical (unpaired) electrons. The van der Waals surface area contributed by atoms with Gasteiger partial charge in [0.25, 0.3) is 0 Å². The summed E-state index contributed by atoms with van der Waals surface area (Å²) < 4.78 is 17.2. The van der Waals surface area contributed by atoms with Crippen LogP contribution in [-0.2, 0) is 0 Å². The largest absolute Gasteiger partial charge is 0.456 e. The number of benzene rings is 8. The van der Waals surface area contributed by atoms with Crippen molar-refractivity contribution in [2.24, 2.45) is 0 Å². The third kappa shape index (κ3) is 3.92. The van der Waals surface area contributed by atoms with Gasteiger partial charge in [0, 0.05) is 54.2 Å². The highest BCUT2D eigenvalue weighted by Gasteiger charge is 2.26. The summed E-state index contributed by atoms with van der Waals surface area (Å²) in [5, 5.41) is 29.9. The molecule has 258 valence electrons. The normalized spacial score (nSPS) is 11.9. The van der Waals surface area contributed by atoms with E-state index in [1.54, 1.807) is 6.07 Å². The van der Waals surface area contributed by atoms with Gasteiger partial charge in [0.1, 0.15) is 34.5 Å². The van der Waals surface area contributed by atoms with Crippen LogP contribution in [0.5, 0.6) is 0 Å². The number of fused-ring (bicyclic) bond motifs is 14. The van der Waals surface area contributed by atoms with Crippen molar-refractivity contribution in [2.75, 3.05) is 0 Å². The molecule has 6 heteroatoms. The number of aromatic nitrogens is 2. The van der Waals surface area contributed by atoms with Crippen molar-refractivity contribution in [3.63, 3.8) is 0 Å². The standard InChI is InChI=1S/C50H26N4O2/c51-27-29-21-22-31(50(36(29)28-52)54-39-18-8-3-13-33(39)47-41(54)24-26-45-49(47)35-15-5-10-20-43(35)56-45)30-11-1-6-16-37(30)53-38-17-7-2-12-32(38)46-40(53)23-25-44-48(46)34-14-4-9-19-42(34)55-44/h1-26H. The van der Waals surface area contributed by atoms with Crippen molar-refractivity contribution in [1.29, 1.82) is 10.5 Å². The van der Waals surface area contributed by atoms with E-state index in [4.69, 9.17) is 8.83 Å². The Morgan fingerprint density at radius 3 is 1.50 bits per heavy atom. The lowest BCUT2D eigenvalue weighted by Gasteiger charge is -2.20. The Bertz CT molecular complexity index is 3750. The van der Waals surface area contributed by atoms with Gasteiger partial charge >= 0.3 is 0 Å². The lowest BCUT2D eigenvalue weighted by molar-refractivity contribution is 0.669. The lowest BCUT2D eigenvalue weighted by atomic mass is 9.95. The van der Waals surface area contributed by atoms with Crippen LogP contribution in [0, 0.1) is 22.7 Å². The van der Waals surface area contributed by atoms with Crippen molar-refractivity contribution >= 4 is 87.5 Å². The summed E-state index contributed by atoms with van der Waals surface area (Å²) in [5.74, 6) is 0. The number of nitrogens with zero attached hydrogens (tertiary/aromatic N) is 4. The van der Waals surface area contributed by atoms with Gasteiger partial charge in [-0.3, -0.25) is 0 Å². The van der Waals surface area contributed by atoms with Crippen LogP contribution in [0.3, 0.4) is 0 Å². The molecule has 0 spiro atoms. The van der Waals surface area contributed by atoms with Crippen LogP contribution >= 0.6 is 0 Å². The van der Waals surface area contributed by atoms with E-state index in [1.165, 1.54) is 0 Å². The quantitative estimate of drug-likeness (QED) is 0.182. The fraction of sp³-hybridized carbons (Fsp3) is 0. The monoisotopic (exact) mass is 714 g/mol. The molecule has 4 aromatic heterocycles. The van der Waals surface area contributed by atoms with E-state index in [9.17, 15) is 10.5 Å². The maximum absolute atomic E-state index is 11.0. The summed E-state index contributed by atoms with van der Waals surface area (Å²) in [4.78, 5) is 0. The SMILES string of the molecule is N#Cc1ccc(-c2ccccc2-n2c3ccccc3c3c4c(ccc32)oc2ccccc24)c(-n2c3ccccc3c3c4c(ccc32)oc2ccccc24)c1C#N. The van der Waals surface area contributed by atoms with Crippen molar-refractivity contribution < 1.29 is 8.83 Å². The summed E-state index contributed by atoms with van der Waals surface area (Å²) in [6.45, 7) is 0. The Hall–Kier alpha value is -8.06. The molecule has 0 unspecified atom stereocenters. The molecule has 0 aliphatic heterocycles. The molecule has 4 heterocycles. The summed E-state index contributed by atoms with van der Waals surface area (Å²) >= 11 is 0. The fourth-order valence-electron chi connectivity index (χ4n) is 9.19. The van der Waals surface area contributed by atoms with E-state index in [-0.39, 0.29) is 0 Å². The topological polar surface area (TPSA) is 83.7 Å². The molecule has 56 heavy (non-hydrogen) atoms. The number of hydrogen-bond donors (Lipinski definition) is 0. The average molecular weight is 715 g/mol. The molecule has 0 fully saturated rings. The van der Waals surface area contributed by atoms with Crippen LogP contribution in [0.2, 0.25) is 0 Å². The van der Waals surface area contributed by atoms with Crippen LogP contribution in [0.15, 0.2) is 167 Å². The Morgan fingerprint density at radius 1 is 0.375 bits per heavy atom. The second kappa shape index (κ2) is 11.2. The van der Waals surface area contributed by atoms with Gasteiger partial charge in [-0.05, 0) is 60.7 Å². The highest BCUT2D eigenvalue weighted by Crippen LogP contribution is 2.46. The second-order valence-electron chi connectivity index (χ2n) is 14.2. The molecule has 0 aliphatic carbocycles. The number of hydrogen-bond acceptors (Lipinski definition) is 4. The van der Waals surface area contributed by atoms with Gasteiger partial charge in [0.2, 0.25) is 0 Å². The second-order valence-corrected chi connectivity index (χ2v) is 14.2. The van der Waals surface area contributed by atoms with Gasteiger partial charge in [-0.15, -0.1) is 0 Å². The van der Waals surface area contributed by atoms with Crippen molar-refractivity contribution in [3.05, 3.63) is 169 Å². The molecule has 0 saturated heterocycles. The fourth-order valence-corrected chi connectivity index (χ4v) is 9.19. The maximum atomic E-state index is 11.0. The van der Waals surface area contributed by atoms with Gasteiger partial charge in [-0.1, -0.05) is 97.1 Å². The lowest BCUT2D eigenvalue weighted by Crippen LogP contribution is -2.05. The highest BCUT2D eigenvalue weighted by molar-refractivity contribution is 6.29. The molecule has 0 atom stereocenters. The maximum Gasteiger partial charge on any atom is 0.136 e. The molecule has 0 saturated carbocycles. The average Bonchev–Trinajstić information content (AvgIpc) is 4.00. The molecule has 12 aromatic rings. The number of rotatable bonds is 3. The minimum Gasteiger partial charge on any atom is -0.456 e. The minimum atomic E-state index is 0.313. The number of nitriles is 2. The molecule has 12 rings (SSSR count). The van der Waals surface area contributed by atoms with E-state index in [0.717, 1.165) is 104 Å². The van der Waals surface area contributed by atoms with Crippen molar-refractivity contribution in [3.8, 4) is 34.6 Å². The smallest absolute Gasteiger partial charge is 0.136 e. The molecular formula is C50H26N4O2. The first-order chi connectivity index (χ1) is 27.7. The van der Waals surface area contributed by atoms with E-state index >= 15 is 0 Å². The molecule has 6 nitrogen and oxygen atoms in total. The van der Waals surface area contributed by atoms with Crippen LogP contribution in [-0.4, -0.2) is 9.13 Å². The van der Waals surface area contributed by atoms with Gasteiger partial charge in [-0.2, -0.15) is 10.5 Å². The van der Waals surface area contributed by atoms with Gasteiger partial charge in [0.15, 0.2) is 0 Å². The Balaban J connectivity index is 1.22. The molecule has 0 amide bonds. The zero-order valence-corrected chi connectivity index (χ0v) is 29.6. The zero-order valence-electron chi connectivity index (χ0n) is 29.6. The number of furan rings is 2. The number of para-hydroxylation sites is 5. The first-order valence-corrected chi connectivity index (χ1v) is 18.5. The Labute approximate surface area is 318 Å². The molecule has 8 aromatic carbocycles. The van der Waals surface area contributed by atoms with Crippen molar-refractivity contribution in [1.82, 2.24) is 9.13 Å². The van der Waals surface area contributed by atoms with E-state index in [2.05, 4.69) is 112 Å². The Morgan fingerprint density at radius 2 is 0.893 bits per heavy atom. The van der Waals surface area contributed by atoms with Gasteiger partial charge in [-0.25, -0.2) is 0 Å². The van der Waals surface area contributed by atoms with E-state index in [1.807, 2.05) is 60.7 Å². The third-order valence-electron chi connectivity index (χ3n) is 11.4. The molecular weight excluding hydrogens is 689 g/mol. The summed E-state index contributed by atoms with van der Waals surface area (Å²) in [7, 11) is 0. The first kappa shape index (κ1) is 30.4. The van der Waals surface area contributed by atoms with Crippen molar-refractivity contribution in [2.45, 2.75) is 0 Å². The highest BCUT2D eigenvalue weighted by atomic mass is 16.3. The van der Waals surface area contributed by atoms with E-state index in [0.29, 0.717) is 16.8 Å². The van der Waals surface area contributed by atoms with Gasteiger partial charge in [0.05, 0.1) is 44.6 Å². The van der Waals surface area contributed by atoms with Crippen LogP contribution < -0.4 is 0 Å². The zero-order chi connectivity index (χ0) is 37.1. The van der Waals surface area contributed by atoms with E-state index < -0.39 is 0 Å². The molecule has 0 N–H and O–H groups in total. The predicted molar refractivity (Wildman–Crippen MR) is 225 cm³/mol. The minimum absolute atomic E-state index is 0.313. The summed E-state index contributed by atoms with van der Waals surface area (Å²) in [6.07, 6.45) is 0.